The lowest BCUT2D eigenvalue weighted by Crippen LogP contribution is -2.51. The van der Waals surface area contributed by atoms with Crippen molar-refractivity contribution in [3.8, 4) is 0 Å². The number of rotatable bonds is 4. The highest BCUT2D eigenvalue weighted by Gasteiger charge is 2.45. The summed E-state index contributed by atoms with van der Waals surface area (Å²) in [6.07, 6.45) is 0.140. The van der Waals surface area contributed by atoms with Crippen molar-refractivity contribution >= 4 is 11.9 Å². The maximum atomic E-state index is 11.8. The second-order valence-corrected chi connectivity index (χ2v) is 4.11. The molecule has 108 valence electrons. The van der Waals surface area contributed by atoms with Gasteiger partial charge in [-0.05, 0) is 6.92 Å². The summed E-state index contributed by atoms with van der Waals surface area (Å²) >= 11 is 0. The van der Waals surface area contributed by atoms with Crippen LogP contribution < -0.4 is 5.32 Å². The molecule has 1 heterocycles. The summed E-state index contributed by atoms with van der Waals surface area (Å²) in [5.74, 6) is -1.87. The number of amides is 1. The van der Waals surface area contributed by atoms with E-state index in [1.54, 1.807) is 6.92 Å². The van der Waals surface area contributed by atoms with Crippen molar-refractivity contribution in [3.05, 3.63) is 11.3 Å². The minimum absolute atomic E-state index is 0.140. The summed E-state index contributed by atoms with van der Waals surface area (Å²) in [6.45, 7) is 2.95. The van der Waals surface area contributed by atoms with Gasteiger partial charge in [0.1, 0.15) is 5.76 Å². The third-order valence-corrected chi connectivity index (χ3v) is 2.90. The highest BCUT2D eigenvalue weighted by Crippen LogP contribution is 2.33. The van der Waals surface area contributed by atoms with Gasteiger partial charge in [-0.15, -0.1) is 0 Å². The summed E-state index contributed by atoms with van der Waals surface area (Å²) in [4.78, 5) is 23.0. The zero-order valence-electron chi connectivity index (χ0n) is 11.7. The Kier molecular flexibility index (Phi) is 4.90. The van der Waals surface area contributed by atoms with E-state index in [-0.39, 0.29) is 17.9 Å². The van der Waals surface area contributed by atoms with E-state index >= 15 is 0 Å². The Morgan fingerprint density at radius 3 is 2.32 bits per heavy atom. The first-order valence-corrected chi connectivity index (χ1v) is 5.74. The largest absolute Gasteiger partial charge is 0.466 e. The lowest BCUT2D eigenvalue weighted by atomic mass is 9.98. The first kappa shape index (κ1) is 15.5. The van der Waals surface area contributed by atoms with Gasteiger partial charge in [0, 0.05) is 21.1 Å². The second kappa shape index (κ2) is 6.03. The van der Waals surface area contributed by atoms with Crippen molar-refractivity contribution in [1.82, 2.24) is 5.32 Å². The molecule has 0 radical (unpaired) electrons. The molecule has 0 saturated carbocycles. The van der Waals surface area contributed by atoms with Crippen molar-refractivity contribution < 1.29 is 28.5 Å². The van der Waals surface area contributed by atoms with E-state index in [4.69, 9.17) is 18.9 Å². The highest BCUT2D eigenvalue weighted by molar-refractivity contribution is 5.91. The molecule has 0 aromatic carbocycles. The highest BCUT2D eigenvalue weighted by atomic mass is 16.9. The van der Waals surface area contributed by atoms with Gasteiger partial charge in [0.2, 0.25) is 5.91 Å². The number of methoxy groups -OCH3 is 3. The Bertz CT molecular complexity index is 399. The summed E-state index contributed by atoms with van der Waals surface area (Å²) in [6, 6.07) is -0.599. The van der Waals surface area contributed by atoms with Gasteiger partial charge in [-0.1, -0.05) is 0 Å². The van der Waals surface area contributed by atoms with E-state index in [9.17, 15) is 9.59 Å². The number of allylic oxidation sites excluding steroid dienone is 1. The van der Waals surface area contributed by atoms with Crippen LogP contribution in [0.15, 0.2) is 11.3 Å². The monoisotopic (exact) mass is 273 g/mol. The minimum atomic E-state index is -1.32. The molecular formula is C12H19NO6. The van der Waals surface area contributed by atoms with Crippen molar-refractivity contribution in [2.75, 3.05) is 21.3 Å². The van der Waals surface area contributed by atoms with E-state index in [1.807, 2.05) is 0 Å². The summed E-state index contributed by atoms with van der Waals surface area (Å²) < 4.78 is 20.6. The molecule has 0 aliphatic carbocycles. The number of hydrogen-bond donors (Lipinski definition) is 1. The zero-order valence-corrected chi connectivity index (χ0v) is 11.7. The molecule has 1 atom stereocenters. The van der Waals surface area contributed by atoms with Gasteiger partial charge < -0.3 is 24.3 Å². The van der Waals surface area contributed by atoms with Crippen LogP contribution in [0.4, 0.5) is 0 Å². The first-order valence-electron chi connectivity index (χ1n) is 5.74. The fourth-order valence-electron chi connectivity index (χ4n) is 2.03. The van der Waals surface area contributed by atoms with Crippen LogP contribution in [0.25, 0.3) is 0 Å². The normalized spacial score (nSPS) is 21.6. The van der Waals surface area contributed by atoms with Crippen LogP contribution in [-0.4, -0.2) is 45.2 Å². The fraction of sp³-hybridized carbons (Fsp3) is 0.667. The number of esters is 1. The standard InChI is InChI=1S/C12H19NO6/c1-7-10(11(15)16-3)9(13-8(2)14)6-12(17-4,18-5)19-7/h9H,6H2,1-5H3,(H,13,14). The van der Waals surface area contributed by atoms with Crippen LogP contribution in [0.2, 0.25) is 0 Å². The van der Waals surface area contributed by atoms with Gasteiger partial charge in [-0.3, -0.25) is 4.79 Å². The average Bonchev–Trinajstić information content (AvgIpc) is 2.36. The topological polar surface area (TPSA) is 83.1 Å². The predicted octanol–water partition coefficient (Wildman–Crippen LogP) is 0.305. The lowest BCUT2D eigenvalue weighted by Gasteiger charge is -2.39. The van der Waals surface area contributed by atoms with Crippen LogP contribution in [-0.2, 0) is 28.5 Å². The van der Waals surface area contributed by atoms with Crippen LogP contribution in [0, 0.1) is 0 Å². The van der Waals surface area contributed by atoms with Gasteiger partial charge in [-0.25, -0.2) is 4.79 Å². The van der Waals surface area contributed by atoms with Crippen LogP contribution in [0.3, 0.4) is 0 Å². The molecule has 1 aliphatic rings. The van der Waals surface area contributed by atoms with Crippen molar-refractivity contribution in [2.24, 2.45) is 0 Å². The third-order valence-electron chi connectivity index (χ3n) is 2.90. The quantitative estimate of drug-likeness (QED) is 0.586. The molecule has 0 spiro atoms. The van der Waals surface area contributed by atoms with Crippen molar-refractivity contribution in [3.63, 3.8) is 0 Å². The molecule has 1 rings (SSSR count). The molecular weight excluding hydrogens is 254 g/mol. The molecule has 1 unspecified atom stereocenters. The smallest absolute Gasteiger partial charge is 0.339 e. The number of nitrogens with one attached hydrogen (secondary N) is 1. The molecule has 19 heavy (non-hydrogen) atoms. The number of carbonyl (C=O) groups is 2. The summed E-state index contributed by atoms with van der Waals surface area (Å²) in [5, 5.41) is 2.66. The van der Waals surface area contributed by atoms with E-state index in [0.29, 0.717) is 5.76 Å². The SMILES string of the molecule is COC(=O)C1=C(C)OC(OC)(OC)CC1NC(C)=O. The van der Waals surface area contributed by atoms with Crippen LogP contribution >= 0.6 is 0 Å². The van der Waals surface area contributed by atoms with Gasteiger partial charge in [0.15, 0.2) is 0 Å². The first-order chi connectivity index (χ1) is 8.89. The average molecular weight is 273 g/mol. The maximum Gasteiger partial charge on any atom is 0.339 e. The summed E-state index contributed by atoms with van der Waals surface area (Å²) in [5.41, 5.74) is 0.252. The Morgan fingerprint density at radius 1 is 1.32 bits per heavy atom. The molecule has 0 fully saturated rings. The van der Waals surface area contributed by atoms with Gasteiger partial charge in [0.25, 0.3) is 0 Å². The molecule has 0 saturated heterocycles. The Balaban J connectivity index is 3.16. The molecule has 1 amide bonds. The predicted molar refractivity (Wildman–Crippen MR) is 64.8 cm³/mol. The van der Waals surface area contributed by atoms with Crippen LogP contribution in [0.5, 0.6) is 0 Å². The number of ether oxygens (including phenoxy) is 4. The zero-order chi connectivity index (χ0) is 14.6. The van der Waals surface area contributed by atoms with Gasteiger partial charge in [-0.2, -0.15) is 0 Å². The molecule has 7 nitrogen and oxygen atoms in total. The molecule has 0 aromatic rings. The van der Waals surface area contributed by atoms with Crippen molar-refractivity contribution in [1.29, 1.82) is 0 Å². The van der Waals surface area contributed by atoms with E-state index < -0.39 is 18.0 Å². The molecule has 1 aliphatic heterocycles. The molecule has 0 bridgehead atoms. The van der Waals surface area contributed by atoms with E-state index in [2.05, 4.69) is 5.32 Å². The Morgan fingerprint density at radius 2 is 1.89 bits per heavy atom. The lowest BCUT2D eigenvalue weighted by molar-refractivity contribution is -0.355. The van der Waals surface area contributed by atoms with Crippen LogP contribution in [0.1, 0.15) is 20.3 Å². The number of hydrogen-bond acceptors (Lipinski definition) is 6. The molecule has 7 heteroatoms. The third kappa shape index (κ3) is 3.24. The molecule has 1 N–H and O–H groups in total. The minimum Gasteiger partial charge on any atom is -0.466 e. The van der Waals surface area contributed by atoms with E-state index in [0.717, 1.165) is 0 Å². The summed E-state index contributed by atoms with van der Waals surface area (Å²) in [7, 11) is 4.11. The van der Waals surface area contributed by atoms with E-state index in [1.165, 1.54) is 28.3 Å². The second-order valence-electron chi connectivity index (χ2n) is 4.11. The Hall–Kier alpha value is -1.60. The fourth-order valence-corrected chi connectivity index (χ4v) is 2.03. The maximum absolute atomic E-state index is 11.8. The molecule has 0 aromatic heterocycles. The van der Waals surface area contributed by atoms with Gasteiger partial charge >= 0.3 is 11.9 Å². The van der Waals surface area contributed by atoms with Crippen molar-refractivity contribution in [2.45, 2.75) is 32.3 Å². The number of carbonyl (C=O) groups excluding carboxylic acids is 2. The van der Waals surface area contributed by atoms with Gasteiger partial charge in [0.05, 0.1) is 25.1 Å². The Labute approximate surface area is 111 Å².